The van der Waals surface area contributed by atoms with Crippen molar-refractivity contribution in [1.29, 1.82) is 0 Å². The molecule has 1 atom stereocenters. The topological polar surface area (TPSA) is 35.6 Å². The average Bonchev–Trinajstić information content (AvgIpc) is 3.22. The van der Waals surface area contributed by atoms with E-state index in [1.165, 1.54) is 12.0 Å². The third-order valence-corrected chi connectivity index (χ3v) is 5.97. The molecule has 2 aliphatic heterocycles. The molecule has 0 aromatic heterocycles. The number of amides is 1. The van der Waals surface area contributed by atoms with Gasteiger partial charge in [0.05, 0.1) is 10.7 Å². The molecule has 0 bridgehead atoms. The molecule has 2 saturated heterocycles. The molecule has 142 valence electrons. The van der Waals surface area contributed by atoms with Crippen LogP contribution in [-0.4, -0.2) is 50.1 Å². The van der Waals surface area contributed by atoms with Gasteiger partial charge >= 0.3 is 0 Å². The minimum absolute atomic E-state index is 0.128. The fourth-order valence-electron chi connectivity index (χ4n) is 4.05. The van der Waals surface area contributed by atoms with Crippen LogP contribution in [0.1, 0.15) is 22.3 Å². The summed E-state index contributed by atoms with van der Waals surface area (Å²) in [5.74, 6) is 0.854. The second-order valence-electron chi connectivity index (χ2n) is 7.49. The molecule has 2 fully saturated rings. The van der Waals surface area contributed by atoms with E-state index in [1.54, 1.807) is 0 Å². The smallest absolute Gasteiger partial charge is 0.253 e. The largest absolute Gasteiger partial charge is 0.367 e. The zero-order chi connectivity index (χ0) is 18.6. The van der Waals surface area contributed by atoms with Gasteiger partial charge in [-0.15, -0.1) is 0 Å². The van der Waals surface area contributed by atoms with Crippen LogP contribution in [0.25, 0.3) is 0 Å². The summed E-state index contributed by atoms with van der Waals surface area (Å²) in [6.07, 6.45) is 2.34. The normalized spacial score (nSPS) is 20.1. The number of benzene rings is 2. The van der Waals surface area contributed by atoms with Crippen molar-refractivity contribution in [3.8, 4) is 0 Å². The average molecular weight is 384 g/mol. The maximum atomic E-state index is 12.8. The number of carbonyl (C=O) groups excluding carboxylic acids is 1. The Kier molecular flexibility index (Phi) is 5.65. The number of hydrogen-bond donors (Lipinski definition) is 1. The summed E-state index contributed by atoms with van der Waals surface area (Å²) in [7, 11) is 0. The van der Waals surface area contributed by atoms with Crippen molar-refractivity contribution < 1.29 is 4.79 Å². The van der Waals surface area contributed by atoms with Crippen LogP contribution in [-0.2, 0) is 6.42 Å². The van der Waals surface area contributed by atoms with Gasteiger partial charge < -0.3 is 15.1 Å². The molecule has 0 spiro atoms. The molecule has 0 aliphatic carbocycles. The van der Waals surface area contributed by atoms with Crippen LogP contribution in [0.15, 0.2) is 48.5 Å². The molecular weight excluding hydrogens is 358 g/mol. The van der Waals surface area contributed by atoms with Gasteiger partial charge in [0.1, 0.15) is 0 Å². The number of para-hydroxylation sites is 1. The molecule has 2 heterocycles. The highest BCUT2D eigenvalue weighted by molar-refractivity contribution is 6.33. The van der Waals surface area contributed by atoms with Gasteiger partial charge in [-0.25, -0.2) is 0 Å². The molecule has 2 aromatic rings. The van der Waals surface area contributed by atoms with E-state index in [0.717, 1.165) is 67.9 Å². The van der Waals surface area contributed by atoms with E-state index in [0.29, 0.717) is 0 Å². The molecule has 1 unspecified atom stereocenters. The lowest BCUT2D eigenvalue weighted by molar-refractivity contribution is 0.0747. The first kappa shape index (κ1) is 18.3. The Balaban J connectivity index is 1.34. The molecular formula is C22H26ClN3O. The van der Waals surface area contributed by atoms with E-state index < -0.39 is 0 Å². The minimum atomic E-state index is 0.128. The lowest BCUT2D eigenvalue weighted by Crippen LogP contribution is -2.48. The predicted molar refractivity (Wildman–Crippen MR) is 111 cm³/mol. The van der Waals surface area contributed by atoms with Crippen LogP contribution in [0.5, 0.6) is 0 Å². The lowest BCUT2D eigenvalue weighted by atomic mass is 9.98. The first-order chi connectivity index (χ1) is 13.2. The minimum Gasteiger partial charge on any atom is -0.367 e. The Morgan fingerprint density at radius 2 is 1.78 bits per heavy atom. The maximum Gasteiger partial charge on any atom is 0.253 e. The van der Waals surface area contributed by atoms with Crippen molar-refractivity contribution in [2.75, 3.05) is 44.2 Å². The second-order valence-corrected chi connectivity index (χ2v) is 7.90. The quantitative estimate of drug-likeness (QED) is 0.878. The van der Waals surface area contributed by atoms with Gasteiger partial charge in [-0.1, -0.05) is 35.9 Å². The standard InChI is InChI=1S/C22H26ClN3O/c23-20-3-1-2-4-21(20)25-11-13-26(14-12-25)22(27)19-7-5-17(6-8-19)15-18-9-10-24-16-18/h1-8,18,24H,9-16H2. The summed E-state index contributed by atoms with van der Waals surface area (Å²) in [6, 6.07) is 16.1. The molecule has 1 N–H and O–H groups in total. The van der Waals surface area contributed by atoms with Crippen LogP contribution >= 0.6 is 11.6 Å². The second kappa shape index (κ2) is 8.32. The summed E-state index contributed by atoms with van der Waals surface area (Å²) in [5, 5.41) is 4.18. The first-order valence-electron chi connectivity index (χ1n) is 9.79. The zero-order valence-electron chi connectivity index (χ0n) is 15.5. The molecule has 0 radical (unpaired) electrons. The summed E-state index contributed by atoms with van der Waals surface area (Å²) < 4.78 is 0. The lowest BCUT2D eigenvalue weighted by Gasteiger charge is -2.36. The van der Waals surface area contributed by atoms with Crippen molar-refractivity contribution in [2.24, 2.45) is 5.92 Å². The monoisotopic (exact) mass is 383 g/mol. The predicted octanol–water partition coefficient (Wildman–Crippen LogP) is 3.45. The van der Waals surface area contributed by atoms with Gasteiger partial charge in [0, 0.05) is 31.7 Å². The maximum absolute atomic E-state index is 12.8. The number of piperazine rings is 1. The SMILES string of the molecule is O=C(c1ccc(CC2CCNC2)cc1)N1CCN(c2ccccc2Cl)CC1. The van der Waals surface area contributed by atoms with Gasteiger partial charge in [0.2, 0.25) is 0 Å². The molecule has 4 nitrogen and oxygen atoms in total. The van der Waals surface area contributed by atoms with Crippen molar-refractivity contribution >= 4 is 23.2 Å². The van der Waals surface area contributed by atoms with E-state index in [-0.39, 0.29) is 5.91 Å². The number of carbonyl (C=O) groups is 1. The van der Waals surface area contributed by atoms with Crippen molar-refractivity contribution in [3.63, 3.8) is 0 Å². The third-order valence-electron chi connectivity index (χ3n) is 5.65. The number of hydrogen-bond acceptors (Lipinski definition) is 3. The Labute approximate surface area is 166 Å². The summed E-state index contributed by atoms with van der Waals surface area (Å²) in [6.45, 7) is 5.29. The van der Waals surface area contributed by atoms with E-state index in [1.807, 2.05) is 41.3 Å². The van der Waals surface area contributed by atoms with E-state index in [2.05, 4.69) is 22.3 Å². The van der Waals surface area contributed by atoms with Crippen molar-refractivity contribution in [3.05, 3.63) is 64.7 Å². The molecule has 4 rings (SSSR count). The fourth-order valence-corrected chi connectivity index (χ4v) is 4.30. The third kappa shape index (κ3) is 4.28. The number of rotatable bonds is 4. The summed E-state index contributed by atoms with van der Waals surface area (Å²) >= 11 is 6.30. The Hall–Kier alpha value is -2.04. The number of anilines is 1. The molecule has 0 saturated carbocycles. The van der Waals surface area contributed by atoms with Crippen LogP contribution in [0.3, 0.4) is 0 Å². The molecule has 1 amide bonds. The van der Waals surface area contributed by atoms with Crippen LogP contribution < -0.4 is 10.2 Å². The van der Waals surface area contributed by atoms with E-state index >= 15 is 0 Å². The van der Waals surface area contributed by atoms with Crippen LogP contribution in [0.2, 0.25) is 5.02 Å². The highest BCUT2D eigenvalue weighted by Gasteiger charge is 2.23. The molecule has 2 aromatic carbocycles. The highest BCUT2D eigenvalue weighted by Crippen LogP contribution is 2.26. The van der Waals surface area contributed by atoms with Gasteiger partial charge in [0.15, 0.2) is 0 Å². The summed E-state index contributed by atoms with van der Waals surface area (Å²) in [5.41, 5.74) is 3.16. The van der Waals surface area contributed by atoms with Crippen molar-refractivity contribution in [1.82, 2.24) is 10.2 Å². The Morgan fingerprint density at radius 1 is 1.04 bits per heavy atom. The molecule has 2 aliphatic rings. The fraction of sp³-hybridized carbons (Fsp3) is 0.409. The van der Waals surface area contributed by atoms with Gasteiger partial charge in [0.25, 0.3) is 5.91 Å². The summed E-state index contributed by atoms with van der Waals surface area (Å²) in [4.78, 5) is 17.0. The number of nitrogens with zero attached hydrogens (tertiary/aromatic N) is 2. The Morgan fingerprint density at radius 3 is 2.44 bits per heavy atom. The number of nitrogens with one attached hydrogen (secondary N) is 1. The van der Waals surface area contributed by atoms with Gasteiger partial charge in [-0.2, -0.15) is 0 Å². The van der Waals surface area contributed by atoms with E-state index in [4.69, 9.17) is 11.6 Å². The van der Waals surface area contributed by atoms with Crippen molar-refractivity contribution in [2.45, 2.75) is 12.8 Å². The van der Waals surface area contributed by atoms with Crippen LogP contribution in [0.4, 0.5) is 5.69 Å². The number of halogens is 1. The zero-order valence-corrected chi connectivity index (χ0v) is 16.3. The molecule has 5 heteroatoms. The van der Waals surface area contributed by atoms with Crippen LogP contribution in [0, 0.1) is 5.92 Å². The van der Waals surface area contributed by atoms with E-state index in [9.17, 15) is 4.79 Å². The Bertz CT molecular complexity index is 778. The van der Waals surface area contributed by atoms with Gasteiger partial charge in [-0.05, 0) is 61.7 Å². The molecule has 27 heavy (non-hydrogen) atoms. The van der Waals surface area contributed by atoms with Gasteiger partial charge in [-0.3, -0.25) is 4.79 Å². The highest BCUT2D eigenvalue weighted by atomic mass is 35.5. The first-order valence-corrected chi connectivity index (χ1v) is 10.2.